The number of benzene rings is 2. The Kier molecular flexibility index (Phi) is 4.48. The fourth-order valence-electron chi connectivity index (χ4n) is 2.77. The lowest BCUT2D eigenvalue weighted by molar-refractivity contribution is 0.568. The van der Waals surface area contributed by atoms with Crippen molar-refractivity contribution in [2.75, 3.05) is 4.72 Å². The van der Waals surface area contributed by atoms with Crippen molar-refractivity contribution in [3.8, 4) is 11.4 Å². The van der Waals surface area contributed by atoms with Crippen LogP contribution in [-0.2, 0) is 10.0 Å². The van der Waals surface area contributed by atoms with Crippen LogP contribution in [0, 0.1) is 11.6 Å². The van der Waals surface area contributed by atoms with E-state index in [0.717, 1.165) is 12.1 Å². The molecule has 2 aromatic heterocycles. The van der Waals surface area contributed by atoms with Crippen LogP contribution in [0.3, 0.4) is 0 Å². The molecule has 8 heteroatoms. The van der Waals surface area contributed by atoms with Crippen molar-refractivity contribution in [2.24, 2.45) is 0 Å². The van der Waals surface area contributed by atoms with Gasteiger partial charge in [0.1, 0.15) is 11.6 Å². The van der Waals surface area contributed by atoms with Gasteiger partial charge in [0.25, 0.3) is 10.0 Å². The van der Waals surface area contributed by atoms with Gasteiger partial charge in [0.2, 0.25) is 0 Å². The predicted octanol–water partition coefficient (Wildman–Crippen LogP) is 4.38. The summed E-state index contributed by atoms with van der Waals surface area (Å²) < 4.78 is 54.5. The normalized spacial score (nSPS) is 11.5. The minimum Gasteiger partial charge on any atom is -0.277 e. The molecule has 5 nitrogen and oxygen atoms in total. The molecule has 2 heterocycles. The number of rotatable bonds is 4. The van der Waals surface area contributed by atoms with Crippen LogP contribution >= 0.6 is 0 Å². The quantitative estimate of drug-likeness (QED) is 0.555. The van der Waals surface area contributed by atoms with Crippen LogP contribution in [0.2, 0.25) is 0 Å². The summed E-state index contributed by atoms with van der Waals surface area (Å²) in [5.74, 6) is -1.96. The van der Waals surface area contributed by atoms with Crippen LogP contribution in [0.25, 0.3) is 22.3 Å². The second-order valence-electron chi connectivity index (χ2n) is 6.00. The van der Waals surface area contributed by atoms with E-state index in [4.69, 9.17) is 0 Å². The number of pyridine rings is 2. The second kappa shape index (κ2) is 6.97. The molecule has 1 N–H and O–H groups in total. The number of sulfonamides is 1. The first-order valence-corrected chi connectivity index (χ1v) is 9.71. The van der Waals surface area contributed by atoms with Crippen molar-refractivity contribution in [3.05, 3.63) is 84.6 Å². The van der Waals surface area contributed by atoms with Gasteiger partial charge in [0.15, 0.2) is 0 Å². The number of hydrogen-bond donors (Lipinski definition) is 1. The van der Waals surface area contributed by atoms with Crippen LogP contribution in [0.4, 0.5) is 14.5 Å². The molecule has 0 atom stereocenters. The molecule has 2 aromatic carbocycles. The Hall–Kier alpha value is -3.39. The van der Waals surface area contributed by atoms with Gasteiger partial charge in [-0.25, -0.2) is 22.2 Å². The molecule has 0 aliphatic carbocycles. The van der Waals surface area contributed by atoms with Crippen molar-refractivity contribution in [1.29, 1.82) is 0 Å². The van der Waals surface area contributed by atoms with Gasteiger partial charge in [-0.3, -0.25) is 9.71 Å². The van der Waals surface area contributed by atoms with Crippen molar-refractivity contribution in [1.82, 2.24) is 9.97 Å². The van der Waals surface area contributed by atoms with E-state index in [1.807, 2.05) is 6.07 Å². The third-order valence-electron chi connectivity index (χ3n) is 4.04. The number of fused-ring (bicyclic) bond motifs is 1. The Morgan fingerprint density at radius 1 is 0.821 bits per heavy atom. The molecular weight excluding hydrogens is 384 g/mol. The summed E-state index contributed by atoms with van der Waals surface area (Å²) in [7, 11) is -4.21. The number of para-hydroxylation sites is 1. The third-order valence-corrected chi connectivity index (χ3v) is 5.38. The van der Waals surface area contributed by atoms with Gasteiger partial charge < -0.3 is 0 Å². The first-order chi connectivity index (χ1) is 13.4. The average Bonchev–Trinajstić information content (AvgIpc) is 2.68. The van der Waals surface area contributed by atoms with Gasteiger partial charge in [-0.05, 0) is 36.4 Å². The highest BCUT2D eigenvalue weighted by Crippen LogP contribution is 2.27. The van der Waals surface area contributed by atoms with Gasteiger partial charge in [-0.15, -0.1) is 0 Å². The summed E-state index contributed by atoms with van der Waals surface area (Å²) >= 11 is 0. The van der Waals surface area contributed by atoms with Gasteiger partial charge in [-0.2, -0.15) is 0 Å². The molecule has 0 bridgehead atoms. The molecule has 28 heavy (non-hydrogen) atoms. The highest BCUT2D eigenvalue weighted by atomic mass is 32.2. The number of anilines is 1. The average molecular weight is 397 g/mol. The summed E-state index contributed by atoms with van der Waals surface area (Å²) in [6, 6.07) is 16.1. The minimum atomic E-state index is -4.21. The van der Waals surface area contributed by atoms with E-state index in [9.17, 15) is 17.2 Å². The Labute approximate surface area is 159 Å². The number of aromatic nitrogens is 2. The Balaban J connectivity index is 1.80. The van der Waals surface area contributed by atoms with E-state index < -0.39 is 26.6 Å². The monoisotopic (exact) mass is 397 g/mol. The highest BCUT2D eigenvalue weighted by Gasteiger charge is 2.18. The maximum atomic E-state index is 13.4. The fraction of sp³-hybridized carbons (Fsp3) is 0. The SMILES string of the molecule is O=S(=O)(Nc1cccc2ccc(-c3ccccn3)nc12)c1cc(F)cc(F)c1. The molecule has 4 rings (SSSR count). The van der Waals surface area contributed by atoms with Gasteiger partial charge in [0.05, 0.1) is 27.5 Å². The fourth-order valence-corrected chi connectivity index (χ4v) is 3.88. The first-order valence-electron chi connectivity index (χ1n) is 8.22. The standard InChI is InChI=1S/C20H13F2N3O2S/c21-14-10-15(22)12-16(11-14)28(26,27)25-19-6-3-4-13-7-8-18(24-20(13)19)17-5-1-2-9-23-17/h1-12,25H. The molecule has 0 saturated heterocycles. The van der Waals surface area contributed by atoms with E-state index in [-0.39, 0.29) is 5.69 Å². The molecule has 0 aliphatic rings. The number of nitrogens with zero attached hydrogens (tertiary/aromatic N) is 2. The molecule has 0 spiro atoms. The molecule has 0 amide bonds. The zero-order valence-corrected chi connectivity index (χ0v) is 15.1. The molecule has 0 unspecified atom stereocenters. The number of nitrogens with one attached hydrogen (secondary N) is 1. The van der Waals surface area contributed by atoms with Crippen molar-refractivity contribution in [2.45, 2.75) is 4.90 Å². The number of hydrogen-bond acceptors (Lipinski definition) is 4. The summed E-state index contributed by atoms with van der Waals surface area (Å²) in [6.07, 6.45) is 1.63. The van der Waals surface area contributed by atoms with Gasteiger partial charge >= 0.3 is 0 Å². The maximum absolute atomic E-state index is 13.4. The Morgan fingerprint density at radius 2 is 1.61 bits per heavy atom. The van der Waals surface area contributed by atoms with Crippen LogP contribution in [-0.4, -0.2) is 18.4 Å². The second-order valence-corrected chi connectivity index (χ2v) is 7.68. The highest BCUT2D eigenvalue weighted by molar-refractivity contribution is 7.92. The predicted molar refractivity (Wildman–Crippen MR) is 102 cm³/mol. The lowest BCUT2D eigenvalue weighted by atomic mass is 10.1. The Morgan fingerprint density at radius 3 is 2.32 bits per heavy atom. The van der Waals surface area contributed by atoms with Crippen LogP contribution in [0.5, 0.6) is 0 Å². The van der Waals surface area contributed by atoms with Gasteiger partial charge in [-0.1, -0.05) is 24.3 Å². The smallest absolute Gasteiger partial charge is 0.262 e. The zero-order valence-electron chi connectivity index (χ0n) is 14.3. The minimum absolute atomic E-state index is 0.194. The molecular formula is C20H13F2N3O2S. The van der Waals surface area contributed by atoms with Crippen molar-refractivity contribution >= 4 is 26.6 Å². The lowest BCUT2D eigenvalue weighted by Crippen LogP contribution is -2.14. The van der Waals surface area contributed by atoms with Crippen molar-refractivity contribution < 1.29 is 17.2 Å². The number of halogens is 2. The van der Waals surface area contributed by atoms with Crippen LogP contribution in [0.15, 0.2) is 77.8 Å². The summed E-state index contributed by atoms with van der Waals surface area (Å²) in [5.41, 5.74) is 1.79. The summed E-state index contributed by atoms with van der Waals surface area (Å²) in [5, 5.41) is 0.699. The molecule has 0 radical (unpaired) electrons. The molecule has 0 saturated carbocycles. The Bertz CT molecular complexity index is 1260. The van der Waals surface area contributed by atoms with E-state index in [1.54, 1.807) is 42.6 Å². The largest absolute Gasteiger partial charge is 0.277 e. The van der Waals surface area contributed by atoms with E-state index in [0.29, 0.717) is 28.4 Å². The lowest BCUT2D eigenvalue weighted by Gasteiger charge is -2.11. The zero-order chi connectivity index (χ0) is 19.7. The molecule has 4 aromatic rings. The first kappa shape index (κ1) is 18.0. The molecule has 140 valence electrons. The van der Waals surface area contributed by atoms with E-state index in [1.165, 1.54) is 6.07 Å². The third kappa shape index (κ3) is 3.54. The van der Waals surface area contributed by atoms with Crippen LogP contribution in [0.1, 0.15) is 0 Å². The topological polar surface area (TPSA) is 72.0 Å². The van der Waals surface area contributed by atoms with Gasteiger partial charge in [0, 0.05) is 17.6 Å². The van der Waals surface area contributed by atoms with Crippen molar-refractivity contribution in [3.63, 3.8) is 0 Å². The maximum Gasteiger partial charge on any atom is 0.262 e. The van der Waals surface area contributed by atoms with Crippen LogP contribution < -0.4 is 4.72 Å². The summed E-state index contributed by atoms with van der Waals surface area (Å²) in [4.78, 5) is 8.25. The molecule has 0 fully saturated rings. The summed E-state index contributed by atoms with van der Waals surface area (Å²) in [6.45, 7) is 0. The molecule has 0 aliphatic heterocycles. The van der Waals surface area contributed by atoms with E-state index >= 15 is 0 Å². The van der Waals surface area contributed by atoms with E-state index in [2.05, 4.69) is 14.7 Å².